The molecule has 0 unspecified atom stereocenters. The molecule has 2 aromatic rings. The Hall–Kier alpha value is -1.84. The highest BCUT2D eigenvalue weighted by Crippen LogP contribution is 2.26. The number of aryl methyl sites for hydroxylation is 2. The van der Waals surface area contributed by atoms with E-state index in [0.717, 1.165) is 17.5 Å². The molecule has 0 radical (unpaired) electrons. The van der Waals surface area contributed by atoms with Crippen LogP contribution in [0.2, 0.25) is 0 Å². The van der Waals surface area contributed by atoms with Crippen LogP contribution in [0.5, 0.6) is 5.75 Å². The van der Waals surface area contributed by atoms with Gasteiger partial charge in [0.2, 0.25) is 5.82 Å². The summed E-state index contributed by atoms with van der Waals surface area (Å²) in [5.41, 5.74) is 1.72. The van der Waals surface area contributed by atoms with Crippen molar-refractivity contribution in [2.75, 3.05) is 0 Å². The van der Waals surface area contributed by atoms with Crippen LogP contribution in [0.25, 0.3) is 5.69 Å². The lowest BCUT2D eigenvalue weighted by atomic mass is 10.2. The van der Waals surface area contributed by atoms with Gasteiger partial charge in [0, 0.05) is 11.4 Å². The van der Waals surface area contributed by atoms with Gasteiger partial charge in [-0.25, -0.2) is 4.39 Å². The van der Waals surface area contributed by atoms with E-state index in [2.05, 4.69) is 0 Å². The third-order valence-electron chi connectivity index (χ3n) is 2.55. The zero-order valence-electron chi connectivity index (χ0n) is 8.96. The molecule has 1 N–H and O–H groups in total. The molecule has 16 heavy (non-hydrogen) atoms. The normalized spacial score (nSPS) is 10.8. The van der Waals surface area contributed by atoms with Crippen molar-refractivity contribution in [2.45, 2.75) is 13.8 Å². The highest BCUT2D eigenvalue weighted by Gasteiger charge is 2.15. The van der Waals surface area contributed by atoms with Gasteiger partial charge in [0.05, 0.1) is 5.69 Å². The fourth-order valence-corrected chi connectivity index (χ4v) is 1.75. The molecule has 0 fully saturated rings. The minimum atomic E-state index is -1.22. The zero-order valence-corrected chi connectivity index (χ0v) is 8.96. The summed E-state index contributed by atoms with van der Waals surface area (Å²) in [5, 5.41) is 9.04. The summed E-state index contributed by atoms with van der Waals surface area (Å²) in [6.45, 7) is 3.61. The number of phenols is 1. The van der Waals surface area contributed by atoms with Crippen molar-refractivity contribution in [3.8, 4) is 11.4 Å². The van der Waals surface area contributed by atoms with E-state index < -0.39 is 17.4 Å². The van der Waals surface area contributed by atoms with Gasteiger partial charge in [-0.1, -0.05) is 0 Å². The van der Waals surface area contributed by atoms with Gasteiger partial charge >= 0.3 is 0 Å². The van der Waals surface area contributed by atoms with Crippen LogP contribution in [-0.4, -0.2) is 9.67 Å². The molecule has 4 heteroatoms. The van der Waals surface area contributed by atoms with Crippen molar-refractivity contribution in [1.82, 2.24) is 4.57 Å². The number of aromatic nitrogens is 1. The predicted molar refractivity (Wildman–Crippen MR) is 56.8 cm³/mol. The Morgan fingerprint density at radius 1 is 0.938 bits per heavy atom. The van der Waals surface area contributed by atoms with Gasteiger partial charge in [0.1, 0.15) is 0 Å². The van der Waals surface area contributed by atoms with Gasteiger partial charge < -0.3 is 9.67 Å². The highest BCUT2D eigenvalue weighted by atomic mass is 19.2. The number of phenolic OH excluding ortho intramolecular Hbond substituents is 1. The number of hydrogen-bond donors (Lipinski definition) is 1. The average molecular weight is 223 g/mol. The maximum Gasteiger partial charge on any atom is 0.202 e. The first-order valence-corrected chi connectivity index (χ1v) is 4.84. The van der Waals surface area contributed by atoms with Crippen molar-refractivity contribution < 1.29 is 13.9 Å². The van der Waals surface area contributed by atoms with Gasteiger partial charge in [-0.2, -0.15) is 4.39 Å². The third-order valence-corrected chi connectivity index (χ3v) is 2.55. The van der Waals surface area contributed by atoms with E-state index in [0.29, 0.717) is 0 Å². The Kier molecular flexibility index (Phi) is 2.42. The fraction of sp³-hybridized carbons (Fsp3) is 0.167. The Balaban J connectivity index is 2.71. The zero-order chi connectivity index (χ0) is 11.9. The van der Waals surface area contributed by atoms with Crippen molar-refractivity contribution in [1.29, 1.82) is 0 Å². The first-order chi connectivity index (χ1) is 7.52. The minimum Gasteiger partial charge on any atom is -0.505 e. The molecule has 1 aromatic heterocycles. The van der Waals surface area contributed by atoms with E-state index >= 15 is 0 Å². The molecule has 0 spiro atoms. The fourth-order valence-electron chi connectivity index (χ4n) is 1.75. The monoisotopic (exact) mass is 223 g/mol. The molecule has 2 rings (SSSR count). The molecule has 1 heterocycles. The van der Waals surface area contributed by atoms with E-state index in [-0.39, 0.29) is 5.69 Å². The van der Waals surface area contributed by atoms with Gasteiger partial charge in [0.15, 0.2) is 11.6 Å². The number of nitrogens with zero attached hydrogens (tertiary/aromatic N) is 1. The molecule has 0 atom stereocenters. The maximum atomic E-state index is 13.6. The molecule has 0 aliphatic carbocycles. The molecule has 0 aliphatic heterocycles. The molecule has 0 saturated heterocycles. The maximum absolute atomic E-state index is 13.6. The van der Waals surface area contributed by atoms with Crippen LogP contribution in [0.15, 0.2) is 24.3 Å². The van der Waals surface area contributed by atoms with Crippen LogP contribution in [0, 0.1) is 25.5 Å². The quantitative estimate of drug-likeness (QED) is 0.789. The van der Waals surface area contributed by atoms with Crippen molar-refractivity contribution >= 4 is 0 Å². The average Bonchev–Trinajstić information content (AvgIpc) is 2.57. The number of rotatable bonds is 1. The molecular weight excluding hydrogens is 212 g/mol. The van der Waals surface area contributed by atoms with Gasteiger partial charge in [-0.05, 0) is 38.1 Å². The molecule has 1 aromatic carbocycles. The number of benzene rings is 1. The lowest BCUT2D eigenvalue weighted by Gasteiger charge is -2.11. The van der Waals surface area contributed by atoms with E-state index in [9.17, 15) is 8.78 Å². The van der Waals surface area contributed by atoms with E-state index in [4.69, 9.17) is 5.11 Å². The molecule has 0 saturated carbocycles. The van der Waals surface area contributed by atoms with Crippen LogP contribution >= 0.6 is 0 Å². The standard InChI is InChI=1S/C12H11F2NO/c1-7-3-4-8(2)15(7)9-5-6-10(16)12(14)11(9)13/h3-6,16H,1-2H3. The Labute approximate surface area is 91.8 Å². The lowest BCUT2D eigenvalue weighted by molar-refractivity contribution is 0.405. The van der Waals surface area contributed by atoms with Crippen LogP contribution in [0.3, 0.4) is 0 Å². The third kappa shape index (κ3) is 1.46. The van der Waals surface area contributed by atoms with Crippen molar-refractivity contribution in [3.05, 3.63) is 47.3 Å². The summed E-state index contributed by atoms with van der Waals surface area (Å²) in [6.07, 6.45) is 0. The lowest BCUT2D eigenvalue weighted by Crippen LogP contribution is -2.03. The summed E-state index contributed by atoms with van der Waals surface area (Å²) in [5.74, 6) is -2.93. The van der Waals surface area contributed by atoms with Crippen LogP contribution in [0.4, 0.5) is 8.78 Å². The second kappa shape index (κ2) is 3.63. The predicted octanol–water partition coefficient (Wildman–Crippen LogP) is 3.08. The Morgan fingerprint density at radius 2 is 1.50 bits per heavy atom. The van der Waals surface area contributed by atoms with Crippen molar-refractivity contribution in [2.24, 2.45) is 0 Å². The molecule has 2 nitrogen and oxygen atoms in total. The topological polar surface area (TPSA) is 25.2 Å². The van der Waals surface area contributed by atoms with Crippen LogP contribution < -0.4 is 0 Å². The van der Waals surface area contributed by atoms with Gasteiger partial charge in [-0.3, -0.25) is 0 Å². The first-order valence-electron chi connectivity index (χ1n) is 4.84. The van der Waals surface area contributed by atoms with Gasteiger partial charge in [0.25, 0.3) is 0 Å². The number of halogens is 2. The largest absolute Gasteiger partial charge is 0.505 e. The van der Waals surface area contributed by atoms with E-state index in [1.165, 1.54) is 6.07 Å². The number of aromatic hydroxyl groups is 1. The number of hydrogen-bond acceptors (Lipinski definition) is 1. The molecular formula is C12H11F2NO. The SMILES string of the molecule is Cc1ccc(C)n1-c1ccc(O)c(F)c1F. The second-order valence-electron chi connectivity index (χ2n) is 3.68. The molecule has 0 aliphatic rings. The second-order valence-corrected chi connectivity index (χ2v) is 3.68. The Morgan fingerprint density at radius 3 is 2.06 bits per heavy atom. The summed E-state index contributed by atoms with van der Waals surface area (Å²) >= 11 is 0. The van der Waals surface area contributed by atoms with E-state index in [1.807, 2.05) is 12.1 Å². The van der Waals surface area contributed by atoms with Crippen LogP contribution in [0.1, 0.15) is 11.4 Å². The molecule has 0 amide bonds. The summed E-state index contributed by atoms with van der Waals surface area (Å²) in [7, 11) is 0. The Bertz CT molecular complexity index is 527. The summed E-state index contributed by atoms with van der Waals surface area (Å²) in [4.78, 5) is 0. The summed E-state index contributed by atoms with van der Waals surface area (Å²) < 4.78 is 28.4. The van der Waals surface area contributed by atoms with Gasteiger partial charge in [-0.15, -0.1) is 0 Å². The van der Waals surface area contributed by atoms with Crippen LogP contribution in [-0.2, 0) is 0 Å². The first kappa shape index (κ1) is 10.7. The van der Waals surface area contributed by atoms with E-state index in [1.54, 1.807) is 18.4 Å². The summed E-state index contributed by atoms with van der Waals surface area (Å²) in [6, 6.07) is 6.14. The smallest absolute Gasteiger partial charge is 0.202 e. The highest BCUT2D eigenvalue weighted by molar-refractivity contribution is 5.43. The molecule has 84 valence electrons. The van der Waals surface area contributed by atoms with Crippen molar-refractivity contribution in [3.63, 3.8) is 0 Å². The minimum absolute atomic E-state index is 0.107. The molecule has 0 bridgehead atoms.